The van der Waals surface area contributed by atoms with Gasteiger partial charge in [-0.25, -0.2) is 13.4 Å². The van der Waals surface area contributed by atoms with Gasteiger partial charge >= 0.3 is 0 Å². The first kappa shape index (κ1) is 19.8. The van der Waals surface area contributed by atoms with Crippen molar-refractivity contribution in [2.24, 2.45) is 0 Å². The minimum absolute atomic E-state index is 0.00253. The van der Waals surface area contributed by atoms with Crippen LogP contribution in [0.1, 0.15) is 12.5 Å². The number of fused-ring (bicyclic) bond motifs is 1. The zero-order valence-electron chi connectivity index (χ0n) is 15.6. The van der Waals surface area contributed by atoms with E-state index in [1.165, 1.54) is 25.4 Å². The van der Waals surface area contributed by atoms with Gasteiger partial charge in [-0.2, -0.15) is 4.31 Å². The summed E-state index contributed by atoms with van der Waals surface area (Å²) in [7, 11) is -2.65. The Hall–Kier alpha value is -2.98. The third kappa shape index (κ3) is 3.97. The maximum absolute atomic E-state index is 13.0. The topological polar surface area (TPSA) is 118 Å². The first-order valence-electron chi connectivity index (χ1n) is 8.48. The normalized spacial score (nSPS) is 16.1. The number of hydrogen-bond donors (Lipinski definition) is 2. The number of carbonyl (C=O) groups excluding carboxylic acids is 2. The lowest BCUT2D eigenvalue weighted by Gasteiger charge is -2.25. The van der Waals surface area contributed by atoms with Gasteiger partial charge in [0.25, 0.3) is 5.91 Å². The highest BCUT2D eigenvalue weighted by atomic mass is 32.2. The third-order valence-corrected chi connectivity index (χ3v) is 6.14. The number of amides is 2. The van der Waals surface area contributed by atoms with Crippen LogP contribution in [0, 0.1) is 6.92 Å². The fourth-order valence-corrected chi connectivity index (χ4v) is 4.04. The van der Waals surface area contributed by atoms with Crippen LogP contribution >= 0.6 is 0 Å². The van der Waals surface area contributed by atoms with Crippen molar-refractivity contribution in [3.05, 3.63) is 42.1 Å². The van der Waals surface area contributed by atoms with E-state index in [4.69, 9.17) is 4.74 Å². The molecule has 1 aromatic heterocycles. The van der Waals surface area contributed by atoms with Crippen molar-refractivity contribution in [3.8, 4) is 5.75 Å². The Kier molecular flexibility index (Phi) is 5.34. The zero-order valence-corrected chi connectivity index (χ0v) is 16.4. The molecule has 1 aliphatic rings. The van der Waals surface area contributed by atoms with Crippen LogP contribution < -0.4 is 15.4 Å². The monoisotopic (exact) mass is 404 g/mol. The number of aryl methyl sites for hydroxylation is 1. The third-order valence-electron chi connectivity index (χ3n) is 4.19. The molecule has 2 heterocycles. The fourth-order valence-electron chi connectivity index (χ4n) is 2.70. The number of benzene rings is 1. The lowest BCUT2D eigenvalue weighted by molar-refractivity contribution is -0.122. The Labute approximate surface area is 162 Å². The van der Waals surface area contributed by atoms with Crippen LogP contribution in [0.5, 0.6) is 5.75 Å². The van der Waals surface area contributed by atoms with Crippen LogP contribution in [-0.2, 0) is 19.6 Å². The quantitative estimate of drug-likeness (QED) is 0.777. The van der Waals surface area contributed by atoms with Gasteiger partial charge in [-0.15, -0.1) is 0 Å². The number of rotatable bonds is 5. The molecule has 28 heavy (non-hydrogen) atoms. The second-order valence-electron chi connectivity index (χ2n) is 6.39. The van der Waals surface area contributed by atoms with E-state index in [1.807, 2.05) is 0 Å². The highest BCUT2D eigenvalue weighted by Crippen LogP contribution is 2.35. The van der Waals surface area contributed by atoms with Gasteiger partial charge in [-0.05, 0) is 37.6 Å². The second-order valence-corrected chi connectivity index (χ2v) is 8.40. The lowest BCUT2D eigenvalue weighted by atomic mass is 10.1. The fraction of sp³-hybridized carbons (Fsp3) is 0.278. The summed E-state index contributed by atoms with van der Waals surface area (Å²) in [5, 5.41) is 5.22. The largest absolute Gasteiger partial charge is 0.479 e. The smallest absolute Gasteiger partial charge is 0.265 e. The van der Waals surface area contributed by atoms with Crippen molar-refractivity contribution in [3.63, 3.8) is 0 Å². The van der Waals surface area contributed by atoms with E-state index in [-0.39, 0.29) is 23.1 Å². The molecule has 0 bridgehead atoms. The first-order chi connectivity index (χ1) is 13.2. The van der Waals surface area contributed by atoms with Gasteiger partial charge in [0.2, 0.25) is 15.9 Å². The predicted octanol–water partition coefficient (Wildman–Crippen LogP) is 1.37. The average Bonchev–Trinajstić information content (AvgIpc) is 2.63. The number of pyridine rings is 1. The van der Waals surface area contributed by atoms with Gasteiger partial charge in [0, 0.05) is 19.3 Å². The molecule has 1 aromatic carbocycles. The Balaban J connectivity index is 1.81. The molecular formula is C18H20N4O5S. The van der Waals surface area contributed by atoms with Crippen molar-refractivity contribution in [1.82, 2.24) is 9.29 Å². The maximum Gasteiger partial charge on any atom is 0.265 e. The molecule has 0 saturated carbocycles. The highest BCUT2D eigenvalue weighted by Gasteiger charge is 2.30. The van der Waals surface area contributed by atoms with Crippen LogP contribution in [0.4, 0.5) is 11.5 Å². The van der Waals surface area contributed by atoms with E-state index in [0.29, 0.717) is 17.1 Å². The molecule has 0 aliphatic carbocycles. The van der Waals surface area contributed by atoms with Crippen LogP contribution in [0.25, 0.3) is 0 Å². The zero-order chi connectivity index (χ0) is 20.5. The summed E-state index contributed by atoms with van der Waals surface area (Å²) in [6.45, 7) is 2.79. The highest BCUT2D eigenvalue weighted by molar-refractivity contribution is 7.89. The van der Waals surface area contributed by atoms with Crippen molar-refractivity contribution in [2.75, 3.05) is 24.2 Å². The van der Waals surface area contributed by atoms with Crippen molar-refractivity contribution >= 4 is 33.3 Å². The molecule has 2 aromatic rings. The summed E-state index contributed by atoms with van der Waals surface area (Å²) in [5.74, 6) is -0.215. The molecule has 2 N–H and O–H groups in total. The van der Waals surface area contributed by atoms with Gasteiger partial charge in [-0.3, -0.25) is 9.59 Å². The van der Waals surface area contributed by atoms with E-state index < -0.39 is 22.0 Å². The van der Waals surface area contributed by atoms with E-state index in [2.05, 4.69) is 15.6 Å². The molecule has 9 nitrogen and oxygen atoms in total. The van der Waals surface area contributed by atoms with Gasteiger partial charge in [0.15, 0.2) is 6.10 Å². The average molecular weight is 404 g/mol. The summed E-state index contributed by atoms with van der Waals surface area (Å²) in [6.07, 6.45) is 0.791. The number of likely N-dealkylation sites (N-methyl/N-ethyl adjacent to an activating group) is 1. The SMILES string of the molecule is Cc1cc2c(cc1S(=O)(=O)N(C)CC(=O)Nc1ccccn1)OC(C)C(=O)N2. The number of nitrogens with one attached hydrogen (secondary N) is 2. The number of hydrogen-bond acceptors (Lipinski definition) is 6. The van der Waals surface area contributed by atoms with Gasteiger partial charge in [-0.1, -0.05) is 6.07 Å². The minimum Gasteiger partial charge on any atom is -0.479 e. The predicted molar refractivity (Wildman–Crippen MR) is 103 cm³/mol. The molecule has 1 aliphatic heterocycles. The molecule has 10 heteroatoms. The Morgan fingerprint density at radius 2 is 2.11 bits per heavy atom. The van der Waals surface area contributed by atoms with Crippen LogP contribution in [0.15, 0.2) is 41.4 Å². The Bertz CT molecular complexity index is 1020. The van der Waals surface area contributed by atoms with E-state index in [1.54, 1.807) is 32.0 Å². The van der Waals surface area contributed by atoms with Gasteiger partial charge in [0.05, 0.1) is 17.1 Å². The molecule has 0 saturated heterocycles. The molecule has 148 valence electrons. The van der Waals surface area contributed by atoms with E-state index in [9.17, 15) is 18.0 Å². The summed E-state index contributed by atoms with van der Waals surface area (Å²) in [5.41, 5.74) is 0.837. The minimum atomic E-state index is -3.96. The summed E-state index contributed by atoms with van der Waals surface area (Å²) >= 11 is 0. The summed E-state index contributed by atoms with van der Waals surface area (Å²) in [6, 6.07) is 7.92. The summed E-state index contributed by atoms with van der Waals surface area (Å²) < 4.78 is 32.4. The Morgan fingerprint density at radius 1 is 1.36 bits per heavy atom. The summed E-state index contributed by atoms with van der Waals surface area (Å²) in [4.78, 5) is 27.9. The maximum atomic E-state index is 13.0. The number of aromatic nitrogens is 1. The van der Waals surface area contributed by atoms with Gasteiger partial charge < -0.3 is 15.4 Å². The van der Waals surface area contributed by atoms with Gasteiger partial charge in [0.1, 0.15) is 11.6 Å². The molecular weight excluding hydrogens is 384 g/mol. The molecule has 0 radical (unpaired) electrons. The lowest BCUT2D eigenvalue weighted by Crippen LogP contribution is -2.36. The van der Waals surface area contributed by atoms with Crippen LogP contribution in [0.2, 0.25) is 0 Å². The standard InChI is InChI=1S/C18H20N4O5S/c1-11-8-13-14(27-12(2)18(24)20-13)9-15(11)28(25,26)22(3)10-17(23)21-16-6-4-5-7-19-16/h4-9,12H,10H2,1-3H3,(H,20,24)(H,19,21,23). The van der Waals surface area contributed by atoms with E-state index in [0.717, 1.165) is 4.31 Å². The second kappa shape index (κ2) is 7.56. The van der Waals surface area contributed by atoms with Crippen LogP contribution in [-0.4, -0.2) is 49.2 Å². The molecule has 0 fully saturated rings. The molecule has 0 spiro atoms. The van der Waals surface area contributed by atoms with Crippen molar-refractivity contribution < 1.29 is 22.7 Å². The van der Waals surface area contributed by atoms with Crippen LogP contribution in [0.3, 0.4) is 0 Å². The Morgan fingerprint density at radius 3 is 2.79 bits per heavy atom. The molecule has 2 amide bonds. The van der Waals surface area contributed by atoms with E-state index >= 15 is 0 Å². The molecule has 3 rings (SSSR count). The number of anilines is 2. The number of sulfonamides is 1. The van der Waals surface area contributed by atoms with Crippen molar-refractivity contribution in [2.45, 2.75) is 24.8 Å². The van der Waals surface area contributed by atoms with Crippen molar-refractivity contribution in [1.29, 1.82) is 0 Å². The number of ether oxygens (including phenoxy) is 1. The first-order valence-corrected chi connectivity index (χ1v) is 9.92. The molecule has 1 unspecified atom stereocenters. The number of nitrogens with zero attached hydrogens (tertiary/aromatic N) is 2. The molecule has 1 atom stereocenters. The number of carbonyl (C=O) groups is 2.